The van der Waals surface area contributed by atoms with Gasteiger partial charge in [-0.2, -0.15) is 0 Å². The van der Waals surface area contributed by atoms with Crippen LogP contribution in [0.15, 0.2) is 35.5 Å². The van der Waals surface area contributed by atoms with Gasteiger partial charge in [-0.3, -0.25) is 4.79 Å². The Morgan fingerprint density at radius 3 is 2.67 bits per heavy atom. The topological polar surface area (TPSA) is 26.3 Å². The second-order valence-corrected chi connectivity index (χ2v) is 8.31. The molecule has 0 aromatic carbocycles. The lowest BCUT2D eigenvalue weighted by molar-refractivity contribution is -0.147. The largest absolute Gasteiger partial charge is 0.465 e. The number of halogens is 2. The van der Waals surface area contributed by atoms with Crippen molar-refractivity contribution in [3.8, 4) is 0 Å². The zero-order valence-corrected chi connectivity index (χ0v) is 14.3. The summed E-state index contributed by atoms with van der Waals surface area (Å²) in [4.78, 5) is 12.3. The van der Waals surface area contributed by atoms with Crippen molar-refractivity contribution in [2.45, 2.75) is 46.0 Å². The molecule has 0 bridgehead atoms. The first-order valence-corrected chi connectivity index (χ1v) is 8.96. The van der Waals surface area contributed by atoms with Crippen molar-refractivity contribution in [1.29, 1.82) is 0 Å². The Kier molecular flexibility index (Phi) is 3.52. The van der Waals surface area contributed by atoms with Gasteiger partial charge in [0.25, 0.3) is 0 Å². The predicted octanol–water partition coefficient (Wildman–Crippen LogP) is 5.03. The molecule has 3 fully saturated rings. The summed E-state index contributed by atoms with van der Waals surface area (Å²) in [6.45, 7) is 4.46. The van der Waals surface area contributed by atoms with E-state index in [2.05, 4.69) is 13.0 Å². The minimum Gasteiger partial charge on any atom is -0.465 e. The first-order chi connectivity index (χ1) is 11.5. The number of esters is 1. The number of carbonyl (C=O) groups is 1. The average Bonchev–Trinajstić information content (AvgIpc) is 2.88. The molecule has 2 saturated carbocycles. The molecule has 1 heterocycles. The third kappa shape index (κ3) is 1.83. The van der Waals surface area contributed by atoms with E-state index in [-0.39, 0.29) is 29.1 Å². The molecule has 0 N–H and O–H groups in total. The maximum absolute atomic E-state index is 13.9. The molecule has 3 aliphatic carbocycles. The normalized spacial score (nSPS) is 47.8. The molecule has 4 heteroatoms. The molecule has 24 heavy (non-hydrogen) atoms. The van der Waals surface area contributed by atoms with Crippen LogP contribution in [0.1, 0.15) is 46.0 Å². The number of hydrogen-bond acceptors (Lipinski definition) is 2. The summed E-state index contributed by atoms with van der Waals surface area (Å²) < 4.78 is 33.1. The van der Waals surface area contributed by atoms with E-state index >= 15 is 0 Å². The highest BCUT2D eigenvalue weighted by atomic mass is 19.1. The van der Waals surface area contributed by atoms with E-state index in [0.717, 1.165) is 37.7 Å². The highest BCUT2D eigenvalue weighted by Crippen LogP contribution is 2.65. The number of hydrogen-bond donors (Lipinski definition) is 0. The van der Waals surface area contributed by atoms with Crippen molar-refractivity contribution in [3.05, 3.63) is 35.5 Å². The van der Waals surface area contributed by atoms with E-state index in [1.54, 1.807) is 0 Å². The second-order valence-electron chi connectivity index (χ2n) is 8.31. The third-order valence-corrected chi connectivity index (χ3v) is 7.39. The summed E-state index contributed by atoms with van der Waals surface area (Å²) in [5.41, 5.74) is 1.10. The summed E-state index contributed by atoms with van der Waals surface area (Å²) >= 11 is 0. The van der Waals surface area contributed by atoms with Gasteiger partial charge in [0.1, 0.15) is 0 Å². The molecular weight excluding hydrogens is 310 g/mol. The number of cyclic esters (lactones) is 1. The van der Waals surface area contributed by atoms with Crippen LogP contribution in [0.5, 0.6) is 0 Å². The number of carbonyl (C=O) groups excluding carboxylic acids is 1. The van der Waals surface area contributed by atoms with Crippen molar-refractivity contribution < 1.29 is 18.3 Å². The lowest BCUT2D eigenvalue weighted by Crippen LogP contribution is -2.52. The highest BCUT2D eigenvalue weighted by molar-refractivity contribution is 5.79. The van der Waals surface area contributed by atoms with Gasteiger partial charge in [-0.1, -0.05) is 13.0 Å². The predicted molar refractivity (Wildman–Crippen MR) is 87.2 cm³/mol. The zero-order chi connectivity index (χ0) is 17.1. The van der Waals surface area contributed by atoms with Gasteiger partial charge in [-0.05, 0) is 67.4 Å². The van der Waals surface area contributed by atoms with E-state index in [1.165, 1.54) is 0 Å². The molecule has 5 atom stereocenters. The maximum atomic E-state index is 13.9. The Labute approximate surface area is 141 Å². The van der Waals surface area contributed by atoms with E-state index in [0.29, 0.717) is 30.4 Å². The molecule has 0 unspecified atom stereocenters. The van der Waals surface area contributed by atoms with Crippen LogP contribution in [0.25, 0.3) is 0 Å². The molecule has 130 valence electrons. The van der Waals surface area contributed by atoms with Crippen LogP contribution in [0, 0.1) is 28.6 Å². The van der Waals surface area contributed by atoms with Gasteiger partial charge in [0, 0.05) is 11.5 Å². The van der Waals surface area contributed by atoms with Crippen molar-refractivity contribution in [3.63, 3.8) is 0 Å². The molecule has 1 saturated heterocycles. The monoisotopic (exact) mass is 334 g/mol. The Hall–Kier alpha value is -1.45. The smallest absolute Gasteiger partial charge is 0.312 e. The minimum absolute atomic E-state index is 0.0685. The molecule has 0 aromatic rings. The van der Waals surface area contributed by atoms with E-state index in [1.807, 2.05) is 6.92 Å². The quantitative estimate of drug-likeness (QED) is 0.581. The number of rotatable bonds is 0. The van der Waals surface area contributed by atoms with Crippen LogP contribution in [0.2, 0.25) is 0 Å². The van der Waals surface area contributed by atoms with Gasteiger partial charge in [-0.25, -0.2) is 8.78 Å². The van der Waals surface area contributed by atoms with E-state index < -0.39 is 5.41 Å². The summed E-state index contributed by atoms with van der Waals surface area (Å²) in [5, 5.41) is 0. The van der Waals surface area contributed by atoms with Crippen LogP contribution in [-0.4, -0.2) is 12.6 Å². The fourth-order valence-corrected chi connectivity index (χ4v) is 5.99. The van der Waals surface area contributed by atoms with Gasteiger partial charge in [0.15, 0.2) is 0 Å². The molecule has 4 aliphatic rings. The number of ether oxygens (including phenoxy) is 1. The molecule has 0 amide bonds. The third-order valence-electron chi connectivity index (χ3n) is 7.39. The SMILES string of the molecule is C[C@]12CCCC=C1C(=CF)C(=CF)[C@@H]1[C@@H]2CC[C@]2(C)C(=O)OC[C@@H]12. The number of allylic oxidation sites excluding steroid dienone is 4. The fraction of sp³-hybridized carbons (Fsp3) is 0.650. The standard InChI is InChI=1S/C20H24F2O2/c1-19-7-4-3-5-14(19)12(9-21)13(10-22)17-15(19)6-8-20(2)16(17)11-24-18(20)23/h5,9-10,15-17H,3-4,6-8,11H2,1-2H3/t15-,16-,17+,19-,20-/m0/s1. The zero-order valence-electron chi connectivity index (χ0n) is 14.3. The van der Waals surface area contributed by atoms with Gasteiger partial charge < -0.3 is 4.74 Å². The summed E-state index contributed by atoms with van der Waals surface area (Å²) in [5.74, 6) is -0.157. The first-order valence-electron chi connectivity index (χ1n) is 8.96. The summed E-state index contributed by atoms with van der Waals surface area (Å²) in [6, 6.07) is 0. The highest BCUT2D eigenvalue weighted by Gasteiger charge is 2.62. The van der Waals surface area contributed by atoms with E-state index in [4.69, 9.17) is 4.74 Å². The van der Waals surface area contributed by atoms with Crippen molar-refractivity contribution in [2.24, 2.45) is 28.6 Å². The lowest BCUT2D eigenvalue weighted by Gasteiger charge is -2.57. The van der Waals surface area contributed by atoms with Gasteiger partial charge in [0.2, 0.25) is 0 Å². The molecule has 1 aliphatic heterocycles. The Morgan fingerprint density at radius 2 is 1.96 bits per heavy atom. The molecule has 0 radical (unpaired) electrons. The molecule has 0 spiro atoms. The Bertz CT molecular complexity index is 677. The van der Waals surface area contributed by atoms with Crippen LogP contribution >= 0.6 is 0 Å². The number of fused-ring (bicyclic) bond motifs is 5. The van der Waals surface area contributed by atoms with Crippen molar-refractivity contribution >= 4 is 5.97 Å². The van der Waals surface area contributed by atoms with E-state index in [9.17, 15) is 13.6 Å². The molecule has 4 rings (SSSR count). The average molecular weight is 334 g/mol. The summed E-state index contributed by atoms with van der Waals surface area (Å²) in [6.07, 6.45) is 7.87. The van der Waals surface area contributed by atoms with Crippen LogP contribution in [-0.2, 0) is 9.53 Å². The Morgan fingerprint density at radius 1 is 1.17 bits per heavy atom. The Balaban J connectivity index is 1.88. The van der Waals surface area contributed by atoms with Crippen molar-refractivity contribution in [2.75, 3.05) is 6.61 Å². The first kappa shape index (κ1) is 16.0. The van der Waals surface area contributed by atoms with Crippen LogP contribution in [0.4, 0.5) is 8.78 Å². The molecule has 2 nitrogen and oxygen atoms in total. The van der Waals surface area contributed by atoms with Crippen LogP contribution < -0.4 is 0 Å². The summed E-state index contributed by atoms with van der Waals surface area (Å²) in [7, 11) is 0. The second kappa shape index (κ2) is 5.27. The van der Waals surface area contributed by atoms with Gasteiger partial charge in [0.05, 0.1) is 24.7 Å². The van der Waals surface area contributed by atoms with Gasteiger partial charge in [-0.15, -0.1) is 0 Å². The van der Waals surface area contributed by atoms with Crippen molar-refractivity contribution in [1.82, 2.24) is 0 Å². The van der Waals surface area contributed by atoms with Crippen LogP contribution in [0.3, 0.4) is 0 Å². The fourth-order valence-electron chi connectivity index (χ4n) is 5.99. The minimum atomic E-state index is -0.566. The van der Waals surface area contributed by atoms with Gasteiger partial charge >= 0.3 is 5.97 Å². The molecular formula is C20H24F2O2. The molecule has 0 aromatic heterocycles. The maximum Gasteiger partial charge on any atom is 0.312 e. The lowest BCUT2D eigenvalue weighted by atomic mass is 9.45.